The molecule has 2 aromatic carbocycles. The first kappa shape index (κ1) is 23.7. The van der Waals surface area contributed by atoms with Crippen molar-refractivity contribution in [2.45, 2.75) is 33.0 Å². The third-order valence-electron chi connectivity index (χ3n) is 5.74. The molecular weight excluding hydrogens is 479 g/mol. The fourth-order valence-electron chi connectivity index (χ4n) is 3.86. The second kappa shape index (κ2) is 9.54. The number of hydrogen-bond donors (Lipinski definition) is 2. The number of carbonyl (C=O) groups is 1. The van der Waals surface area contributed by atoms with E-state index in [1.165, 1.54) is 31.7 Å². The first-order valence-corrected chi connectivity index (χ1v) is 12.2. The first-order chi connectivity index (χ1) is 17.3. The molecular formula is C26H25FN6O2S. The zero-order chi connectivity index (χ0) is 25.3. The first-order valence-electron chi connectivity index (χ1n) is 11.5. The maximum Gasteiger partial charge on any atom is 0.257 e. The third-order valence-corrected chi connectivity index (χ3v) is 6.51. The van der Waals surface area contributed by atoms with Crippen LogP contribution < -0.4 is 15.4 Å². The highest BCUT2D eigenvalue weighted by Crippen LogP contribution is 2.34. The molecule has 5 aromatic rings. The standard InChI is InChI=1S/C26H25FN6O2S/c1-16-13-17(7-8-20(16)35-21-5-4-6-22-18(21)14-31-36-22)32-24-23-19(29-15-30-24)9-11-33(23)12-10-28-25(34)26(2,3)27/h4-9,11,13-15H,10,12H2,1-3H3,(H,28,34)(H,29,30,32). The number of carbonyl (C=O) groups excluding carboxylic acids is 1. The van der Waals surface area contributed by atoms with Gasteiger partial charge in [0, 0.05) is 25.0 Å². The minimum absolute atomic E-state index is 0.280. The SMILES string of the molecule is Cc1cc(Nc2ncnc3ccn(CCNC(=O)C(C)(C)F)c23)ccc1Oc1cccc2sncc12. The van der Waals surface area contributed by atoms with E-state index in [9.17, 15) is 9.18 Å². The summed E-state index contributed by atoms with van der Waals surface area (Å²) in [4.78, 5) is 20.6. The summed E-state index contributed by atoms with van der Waals surface area (Å²) in [5.74, 6) is 1.51. The minimum atomic E-state index is -1.92. The van der Waals surface area contributed by atoms with Crippen LogP contribution >= 0.6 is 11.5 Å². The van der Waals surface area contributed by atoms with Crippen LogP contribution in [0, 0.1) is 6.92 Å². The lowest BCUT2D eigenvalue weighted by Crippen LogP contribution is -2.40. The van der Waals surface area contributed by atoms with Crippen LogP contribution in [0.25, 0.3) is 21.1 Å². The molecule has 3 heterocycles. The molecule has 184 valence electrons. The van der Waals surface area contributed by atoms with E-state index in [0.29, 0.717) is 12.4 Å². The molecule has 0 bridgehead atoms. The van der Waals surface area contributed by atoms with Crippen molar-refractivity contribution in [1.29, 1.82) is 0 Å². The van der Waals surface area contributed by atoms with Gasteiger partial charge in [0.2, 0.25) is 0 Å². The number of nitrogens with zero attached hydrogens (tertiary/aromatic N) is 4. The van der Waals surface area contributed by atoms with E-state index in [0.717, 1.165) is 43.9 Å². The van der Waals surface area contributed by atoms with Gasteiger partial charge >= 0.3 is 0 Å². The van der Waals surface area contributed by atoms with Gasteiger partial charge in [0.25, 0.3) is 5.91 Å². The Labute approximate surface area is 211 Å². The van der Waals surface area contributed by atoms with Crippen LogP contribution in [0.2, 0.25) is 0 Å². The molecule has 0 saturated heterocycles. The number of benzene rings is 2. The van der Waals surface area contributed by atoms with Crippen molar-refractivity contribution in [3.63, 3.8) is 0 Å². The lowest BCUT2D eigenvalue weighted by Gasteiger charge is -2.15. The summed E-state index contributed by atoms with van der Waals surface area (Å²) >= 11 is 1.44. The highest BCUT2D eigenvalue weighted by atomic mass is 32.1. The summed E-state index contributed by atoms with van der Waals surface area (Å²) in [7, 11) is 0. The van der Waals surface area contributed by atoms with Gasteiger partial charge in [0.05, 0.1) is 21.8 Å². The second-order valence-corrected chi connectivity index (χ2v) is 9.73. The number of rotatable bonds is 8. The third kappa shape index (κ3) is 4.85. The number of hydrogen-bond acceptors (Lipinski definition) is 7. The topological polar surface area (TPSA) is 94.0 Å². The summed E-state index contributed by atoms with van der Waals surface area (Å²) in [6.45, 7) is 5.19. The van der Waals surface area contributed by atoms with Gasteiger partial charge < -0.3 is 19.9 Å². The monoisotopic (exact) mass is 504 g/mol. The number of ether oxygens (including phenoxy) is 1. The molecule has 0 saturated carbocycles. The normalized spacial score (nSPS) is 11.7. The van der Waals surface area contributed by atoms with E-state index < -0.39 is 11.6 Å². The zero-order valence-electron chi connectivity index (χ0n) is 20.1. The van der Waals surface area contributed by atoms with E-state index >= 15 is 0 Å². The molecule has 1 amide bonds. The van der Waals surface area contributed by atoms with Crippen LogP contribution in [0.15, 0.2) is 61.2 Å². The lowest BCUT2D eigenvalue weighted by atomic mass is 10.1. The number of alkyl halides is 1. The predicted octanol–water partition coefficient (Wildman–Crippen LogP) is 5.75. The number of aryl methyl sites for hydroxylation is 1. The summed E-state index contributed by atoms with van der Waals surface area (Å²) in [6, 6.07) is 13.6. The Morgan fingerprint density at radius 3 is 2.83 bits per heavy atom. The van der Waals surface area contributed by atoms with Gasteiger partial charge in [-0.1, -0.05) is 6.07 Å². The summed E-state index contributed by atoms with van der Waals surface area (Å²) < 4.78 is 27.2. The van der Waals surface area contributed by atoms with Gasteiger partial charge in [-0.3, -0.25) is 4.79 Å². The zero-order valence-corrected chi connectivity index (χ0v) is 20.9. The molecule has 36 heavy (non-hydrogen) atoms. The maximum atomic E-state index is 13.8. The van der Waals surface area contributed by atoms with Gasteiger partial charge in [-0.2, -0.15) is 4.37 Å². The molecule has 3 aromatic heterocycles. The molecule has 2 N–H and O–H groups in total. The number of amides is 1. The number of nitrogens with one attached hydrogen (secondary N) is 2. The summed E-state index contributed by atoms with van der Waals surface area (Å²) in [5, 5.41) is 6.98. The van der Waals surface area contributed by atoms with Gasteiger partial charge in [0.15, 0.2) is 11.5 Å². The van der Waals surface area contributed by atoms with Crippen molar-refractivity contribution in [2.24, 2.45) is 0 Å². The number of fused-ring (bicyclic) bond motifs is 2. The van der Waals surface area contributed by atoms with Gasteiger partial charge in [0.1, 0.15) is 23.3 Å². The van der Waals surface area contributed by atoms with Crippen LogP contribution in [-0.4, -0.2) is 37.0 Å². The Morgan fingerprint density at radius 2 is 2.03 bits per heavy atom. The summed E-state index contributed by atoms with van der Waals surface area (Å²) in [6.07, 6.45) is 5.20. The molecule has 0 spiro atoms. The molecule has 10 heteroatoms. The molecule has 0 fully saturated rings. The van der Waals surface area contributed by atoms with Crippen molar-refractivity contribution in [2.75, 3.05) is 11.9 Å². The molecule has 0 radical (unpaired) electrons. The van der Waals surface area contributed by atoms with Crippen LogP contribution in [0.4, 0.5) is 15.9 Å². The van der Waals surface area contributed by atoms with E-state index in [1.807, 2.05) is 66.3 Å². The Balaban J connectivity index is 1.34. The maximum absolute atomic E-state index is 13.8. The van der Waals surface area contributed by atoms with Crippen molar-refractivity contribution in [3.05, 3.63) is 66.7 Å². The number of aromatic nitrogens is 4. The second-order valence-electron chi connectivity index (χ2n) is 8.89. The number of anilines is 2. The van der Waals surface area contributed by atoms with E-state index in [-0.39, 0.29) is 6.54 Å². The molecule has 0 aliphatic rings. The van der Waals surface area contributed by atoms with Crippen LogP contribution in [0.1, 0.15) is 19.4 Å². The number of halogens is 1. The van der Waals surface area contributed by atoms with Gasteiger partial charge in [-0.15, -0.1) is 0 Å². The largest absolute Gasteiger partial charge is 0.456 e. The fraction of sp³-hybridized carbons (Fsp3) is 0.231. The van der Waals surface area contributed by atoms with Gasteiger partial charge in [-0.25, -0.2) is 14.4 Å². The molecule has 5 rings (SSSR count). The highest BCUT2D eigenvalue weighted by molar-refractivity contribution is 7.13. The van der Waals surface area contributed by atoms with Crippen LogP contribution in [-0.2, 0) is 11.3 Å². The Bertz CT molecular complexity index is 1560. The summed E-state index contributed by atoms with van der Waals surface area (Å²) in [5.41, 5.74) is 1.43. The highest BCUT2D eigenvalue weighted by Gasteiger charge is 2.25. The fourth-order valence-corrected chi connectivity index (χ4v) is 4.53. The van der Waals surface area contributed by atoms with E-state index in [1.54, 1.807) is 0 Å². The van der Waals surface area contributed by atoms with Gasteiger partial charge in [-0.05, 0) is 74.3 Å². The molecule has 0 atom stereocenters. The van der Waals surface area contributed by atoms with Crippen molar-refractivity contribution >= 4 is 50.1 Å². The van der Waals surface area contributed by atoms with Crippen molar-refractivity contribution in [1.82, 2.24) is 24.2 Å². The van der Waals surface area contributed by atoms with E-state index in [4.69, 9.17) is 4.74 Å². The minimum Gasteiger partial charge on any atom is -0.456 e. The van der Waals surface area contributed by atoms with E-state index in [2.05, 4.69) is 25.0 Å². The average Bonchev–Trinajstić information content (AvgIpc) is 3.48. The van der Waals surface area contributed by atoms with Crippen LogP contribution in [0.3, 0.4) is 0 Å². The molecule has 8 nitrogen and oxygen atoms in total. The lowest BCUT2D eigenvalue weighted by molar-refractivity contribution is -0.130. The average molecular weight is 505 g/mol. The predicted molar refractivity (Wildman–Crippen MR) is 140 cm³/mol. The van der Waals surface area contributed by atoms with Crippen LogP contribution in [0.5, 0.6) is 11.5 Å². The van der Waals surface area contributed by atoms with Crippen molar-refractivity contribution in [3.8, 4) is 11.5 Å². The van der Waals surface area contributed by atoms with Crippen molar-refractivity contribution < 1.29 is 13.9 Å². The Hall–Kier alpha value is -4.05. The molecule has 0 unspecified atom stereocenters. The smallest absolute Gasteiger partial charge is 0.257 e. The molecule has 0 aliphatic carbocycles. The Morgan fingerprint density at radius 1 is 1.17 bits per heavy atom. The Kier molecular flexibility index (Phi) is 6.27. The quantitative estimate of drug-likeness (QED) is 0.279. The molecule has 0 aliphatic heterocycles.